The molecule has 0 saturated heterocycles. The van der Waals surface area contributed by atoms with Gasteiger partial charge in [-0.1, -0.05) is 65.2 Å². The van der Waals surface area contributed by atoms with Gasteiger partial charge in [-0.25, -0.2) is 0 Å². The highest BCUT2D eigenvalue weighted by Crippen LogP contribution is 2.22. The molecule has 0 fully saturated rings. The van der Waals surface area contributed by atoms with E-state index in [2.05, 4.69) is 13.8 Å². The van der Waals surface area contributed by atoms with Crippen molar-refractivity contribution in [1.82, 2.24) is 0 Å². The van der Waals surface area contributed by atoms with Crippen LogP contribution < -0.4 is 5.73 Å². The lowest BCUT2D eigenvalue weighted by Crippen LogP contribution is -2.13. The molecule has 2 heteroatoms. The Balaban J connectivity index is 3.71. The van der Waals surface area contributed by atoms with Gasteiger partial charge in [0.15, 0.2) is 0 Å². The van der Waals surface area contributed by atoms with Crippen molar-refractivity contribution >= 4 is 5.91 Å². The Kier molecular flexibility index (Phi) is 10.6. The third-order valence-corrected chi connectivity index (χ3v) is 3.23. The molecule has 2 N–H and O–H groups in total. The lowest BCUT2D eigenvalue weighted by atomic mass is 9.91. The first-order chi connectivity index (χ1) is 7.70. The fourth-order valence-electron chi connectivity index (χ4n) is 2.15. The molecule has 0 heterocycles. The van der Waals surface area contributed by atoms with Crippen molar-refractivity contribution in [3.63, 3.8) is 0 Å². The predicted octanol–water partition coefficient (Wildman–Crippen LogP) is 4.03. The third-order valence-electron chi connectivity index (χ3n) is 3.23. The standard InChI is InChI=1S/C14H29NO/c1-3-5-7-9-13(10-8-6-4-2)11-12-14(15)16/h13H,3-12H2,1-2H3,(H2,15,16). The van der Waals surface area contributed by atoms with Crippen LogP contribution in [0.5, 0.6) is 0 Å². The molecule has 0 radical (unpaired) electrons. The van der Waals surface area contributed by atoms with Crippen LogP contribution in [0.2, 0.25) is 0 Å². The number of amides is 1. The third kappa shape index (κ3) is 10.0. The quantitative estimate of drug-likeness (QED) is 0.532. The van der Waals surface area contributed by atoms with Crippen LogP contribution >= 0.6 is 0 Å². The Morgan fingerprint density at radius 3 is 1.81 bits per heavy atom. The molecular formula is C14H29NO. The summed E-state index contributed by atoms with van der Waals surface area (Å²) in [6.07, 6.45) is 12.0. The summed E-state index contributed by atoms with van der Waals surface area (Å²) in [5.41, 5.74) is 5.21. The van der Waals surface area contributed by atoms with Gasteiger partial charge in [0.25, 0.3) is 0 Å². The lowest BCUT2D eigenvalue weighted by molar-refractivity contribution is -0.118. The molecule has 0 aromatic rings. The van der Waals surface area contributed by atoms with E-state index in [1.807, 2.05) is 0 Å². The largest absolute Gasteiger partial charge is 0.370 e. The number of unbranched alkanes of at least 4 members (excludes halogenated alkanes) is 4. The average molecular weight is 227 g/mol. The van der Waals surface area contributed by atoms with Crippen LogP contribution in [0.25, 0.3) is 0 Å². The highest BCUT2D eigenvalue weighted by Gasteiger charge is 2.09. The summed E-state index contributed by atoms with van der Waals surface area (Å²) in [5.74, 6) is 0.585. The van der Waals surface area contributed by atoms with Crippen LogP contribution in [0.3, 0.4) is 0 Å². The summed E-state index contributed by atoms with van der Waals surface area (Å²) in [7, 11) is 0. The van der Waals surface area contributed by atoms with Crippen molar-refractivity contribution < 1.29 is 4.79 Å². The van der Waals surface area contributed by atoms with E-state index in [1.54, 1.807) is 0 Å². The van der Waals surface area contributed by atoms with Crippen LogP contribution in [0, 0.1) is 5.92 Å². The van der Waals surface area contributed by atoms with Gasteiger partial charge >= 0.3 is 0 Å². The Labute approximate surface area is 101 Å². The molecule has 0 aromatic heterocycles. The molecule has 0 bridgehead atoms. The SMILES string of the molecule is CCCCCC(CCCCC)CCC(N)=O. The topological polar surface area (TPSA) is 43.1 Å². The summed E-state index contributed by atoms with van der Waals surface area (Å²) >= 11 is 0. The van der Waals surface area contributed by atoms with E-state index in [0.717, 1.165) is 12.3 Å². The minimum Gasteiger partial charge on any atom is -0.370 e. The molecule has 0 saturated carbocycles. The van der Waals surface area contributed by atoms with Crippen molar-refractivity contribution in [2.24, 2.45) is 11.7 Å². The monoisotopic (exact) mass is 227 g/mol. The van der Waals surface area contributed by atoms with Crippen LogP contribution in [0.1, 0.15) is 78.1 Å². The zero-order chi connectivity index (χ0) is 12.2. The van der Waals surface area contributed by atoms with Gasteiger partial charge in [-0.2, -0.15) is 0 Å². The molecule has 0 spiro atoms. The minimum atomic E-state index is -0.143. The molecule has 0 unspecified atom stereocenters. The number of carbonyl (C=O) groups is 1. The first-order valence-electron chi connectivity index (χ1n) is 6.99. The summed E-state index contributed by atoms with van der Waals surface area (Å²) in [4.78, 5) is 10.8. The van der Waals surface area contributed by atoms with Gasteiger partial charge in [0.05, 0.1) is 0 Å². The van der Waals surface area contributed by atoms with Gasteiger partial charge in [-0.05, 0) is 12.3 Å². The highest BCUT2D eigenvalue weighted by molar-refractivity contribution is 5.73. The van der Waals surface area contributed by atoms with Gasteiger partial charge < -0.3 is 5.73 Å². The molecule has 0 aromatic carbocycles. The Morgan fingerprint density at radius 1 is 0.938 bits per heavy atom. The van der Waals surface area contributed by atoms with E-state index in [9.17, 15) is 4.79 Å². The molecule has 16 heavy (non-hydrogen) atoms. The van der Waals surface area contributed by atoms with Crippen molar-refractivity contribution in [2.75, 3.05) is 0 Å². The second-order valence-electron chi connectivity index (χ2n) is 4.86. The zero-order valence-corrected chi connectivity index (χ0v) is 11.1. The van der Waals surface area contributed by atoms with Crippen molar-refractivity contribution in [1.29, 1.82) is 0 Å². The number of rotatable bonds is 11. The van der Waals surface area contributed by atoms with Gasteiger partial charge in [0, 0.05) is 6.42 Å². The maximum Gasteiger partial charge on any atom is 0.217 e. The van der Waals surface area contributed by atoms with Crippen LogP contribution in [0.4, 0.5) is 0 Å². The van der Waals surface area contributed by atoms with Crippen molar-refractivity contribution in [2.45, 2.75) is 78.1 Å². The van der Waals surface area contributed by atoms with E-state index in [0.29, 0.717) is 6.42 Å². The molecule has 96 valence electrons. The normalized spacial score (nSPS) is 10.9. The van der Waals surface area contributed by atoms with Crippen molar-refractivity contribution in [3.05, 3.63) is 0 Å². The minimum absolute atomic E-state index is 0.143. The summed E-state index contributed by atoms with van der Waals surface area (Å²) in [6, 6.07) is 0. The molecule has 0 aliphatic carbocycles. The summed E-state index contributed by atoms with van der Waals surface area (Å²) in [6.45, 7) is 4.46. The van der Waals surface area contributed by atoms with E-state index >= 15 is 0 Å². The smallest absolute Gasteiger partial charge is 0.217 e. The van der Waals surface area contributed by atoms with E-state index in [-0.39, 0.29) is 5.91 Å². The lowest BCUT2D eigenvalue weighted by Gasteiger charge is -2.15. The highest BCUT2D eigenvalue weighted by atomic mass is 16.1. The Morgan fingerprint density at radius 2 is 1.44 bits per heavy atom. The number of carbonyl (C=O) groups excluding carboxylic acids is 1. The number of primary amides is 1. The summed E-state index contributed by atoms with van der Waals surface area (Å²) < 4.78 is 0. The average Bonchev–Trinajstić information content (AvgIpc) is 2.25. The zero-order valence-electron chi connectivity index (χ0n) is 11.1. The molecule has 0 rings (SSSR count). The number of hydrogen-bond donors (Lipinski definition) is 1. The first-order valence-corrected chi connectivity index (χ1v) is 6.99. The second kappa shape index (κ2) is 11.0. The van der Waals surface area contributed by atoms with Crippen LogP contribution in [0.15, 0.2) is 0 Å². The van der Waals surface area contributed by atoms with Gasteiger partial charge in [-0.3, -0.25) is 4.79 Å². The van der Waals surface area contributed by atoms with Crippen LogP contribution in [-0.4, -0.2) is 5.91 Å². The van der Waals surface area contributed by atoms with E-state index < -0.39 is 0 Å². The maximum absolute atomic E-state index is 10.8. The molecule has 2 nitrogen and oxygen atoms in total. The summed E-state index contributed by atoms with van der Waals surface area (Å²) in [5, 5.41) is 0. The molecular weight excluding hydrogens is 198 g/mol. The van der Waals surface area contributed by atoms with Gasteiger partial charge in [0.2, 0.25) is 5.91 Å². The number of hydrogen-bond acceptors (Lipinski definition) is 1. The van der Waals surface area contributed by atoms with E-state index in [4.69, 9.17) is 5.73 Å². The molecule has 0 atom stereocenters. The fraction of sp³-hybridized carbons (Fsp3) is 0.929. The number of nitrogens with two attached hydrogens (primary N) is 1. The Bertz CT molecular complexity index is 158. The first kappa shape index (κ1) is 15.5. The van der Waals surface area contributed by atoms with Gasteiger partial charge in [0.1, 0.15) is 0 Å². The fourth-order valence-corrected chi connectivity index (χ4v) is 2.15. The maximum atomic E-state index is 10.8. The predicted molar refractivity (Wildman–Crippen MR) is 70.2 cm³/mol. The van der Waals surface area contributed by atoms with Crippen LogP contribution in [-0.2, 0) is 4.79 Å². The van der Waals surface area contributed by atoms with E-state index in [1.165, 1.54) is 51.4 Å². The van der Waals surface area contributed by atoms with Gasteiger partial charge in [-0.15, -0.1) is 0 Å². The molecule has 1 amide bonds. The van der Waals surface area contributed by atoms with Crippen molar-refractivity contribution in [3.8, 4) is 0 Å². The molecule has 0 aliphatic rings. The Hall–Kier alpha value is -0.530. The second-order valence-corrected chi connectivity index (χ2v) is 4.86. The molecule has 0 aliphatic heterocycles.